The largest absolute Gasteiger partial charge is 0.455 e. The Labute approximate surface area is 338 Å². The monoisotopic (exact) mass is 745 g/mol. The minimum absolute atomic E-state index is 0.852. The summed E-state index contributed by atoms with van der Waals surface area (Å²) in [5.74, 6) is 0. The molecule has 1 aliphatic heterocycles. The molecule has 0 spiro atoms. The molecule has 2 aromatic heterocycles. The number of aryl methyl sites for hydroxylation is 5. The van der Waals surface area contributed by atoms with E-state index in [1.807, 2.05) is 0 Å². The van der Waals surface area contributed by atoms with E-state index < -0.39 is 0 Å². The third kappa shape index (κ3) is 4.66. The summed E-state index contributed by atoms with van der Waals surface area (Å²) in [5, 5.41) is 7.58. The van der Waals surface area contributed by atoms with E-state index in [4.69, 9.17) is 4.42 Å². The second-order valence-electron chi connectivity index (χ2n) is 17.1. The predicted octanol–water partition coefficient (Wildman–Crippen LogP) is 15.2. The molecule has 0 saturated carbocycles. The van der Waals surface area contributed by atoms with Crippen LogP contribution < -0.4 is 0 Å². The van der Waals surface area contributed by atoms with E-state index in [2.05, 4.69) is 173 Å². The van der Waals surface area contributed by atoms with Gasteiger partial charge >= 0.3 is 0 Å². The molecule has 2 heteroatoms. The molecule has 278 valence electrons. The Bertz CT molecular complexity index is 3450. The van der Waals surface area contributed by atoms with Crippen molar-refractivity contribution in [1.82, 2.24) is 4.57 Å². The van der Waals surface area contributed by atoms with Crippen molar-refractivity contribution in [3.8, 4) is 33.4 Å². The summed E-state index contributed by atoms with van der Waals surface area (Å²) in [4.78, 5) is 0. The van der Waals surface area contributed by atoms with Crippen molar-refractivity contribution < 1.29 is 4.42 Å². The zero-order valence-electron chi connectivity index (χ0n) is 33.7. The van der Waals surface area contributed by atoms with Crippen LogP contribution in [0.2, 0.25) is 0 Å². The molecule has 0 atom stereocenters. The first-order valence-corrected chi connectivity index (χ1v) is 20.8. The number of para-hydroxylation sites is 3. The number of furan rings is 1. The molecule has 2 aliphatic rings. The van der Waals surface area contributed by atoms with E-state index in [0.29, 0.717) is 0 Å². The number of allylic oxidation sites excluding steroid dienone is 1. The highest BCUT2D eigenvalue weighted by Crippen LogP contribution is 2.51. The first-order chi connectivity index (χ1) is 28.3. The van der Waals surface area contributed by atoms with Gasteiger partial charge in [0.05, 0.1) is 11.0 Å². The zero-order chi connectivity index (χ0) is 39.0. The third-order valence-corrected chi connectivity index (χ3v) is 13.3. The molecule has 0 fully saturated rings. The SMILES string of the molecule is Cc1cc(C)c(-c2c3c4c(c5ccccc25)-c2c(C)cc(C)cc2Cc2cccc5c6cc(-c7cccc8c7oc7ccccc78)ccc6n(c25)C(=C4)CC3)c(C)c1. The Morgan fingerprint density at radius 3 is 1.98 bits per heavy atom. The Morgan fingerprint density at radius 2 is 1.17 bits per heavy atom. The molecule has 0 unspecified atom stereocenters. The van der Waals surface area contributed by atoms with Gasteiger partial charge in [0.25, 0.3) is 0 Å². The van der Waals surface area contributed by atoms with E-state index in [-0.39, 0.29) is 0 Å². The second-order valence-corrected chi connectivity index (χ2v) is 17.1. The maximum atomic E-state index is 6.56. The number of rotatable bonds is 2. The van der Waals surface area contributed by atoms with Gasteiger partial charge in [-0.3, -0.25) is 0 Å². The van der Waals surface area contributed by atoms with Crippen molar-refractivity contribution >= 4 is 66.3 Å². The van der Waals surface area contributed by atoms with Gasteiger partial charge in [0.15, 0.2) is 0 Å². The predicted molar refractivity (Wildman–Crippen MR) is 246 cm³/mol. The van der Waals surface area contributed by atoms with Gasteiger partial charge in [-0.1, -0.05) is 120 Å². The summed E-state index contributed by atoms with van der Waals surface area (Å²) in [7, 11) is 0. The van der Waals surface area contributed by atoms with E-state index in [1.54, 1.807) is 0 Å². The summed E-state index contributed by atoms with van der Waals surface area (Å²) in [5.41, 5.74) is 26.0. The Balaban J connectivity index is 1.20. The van der Waals surface area contributed by atoms with Crippen molar-refractivity contribution in [2.45, 2.75) is 53.9 Å². The normalized spacial score (nSPS) is 13.5. The van der Waals surface area contributed by atoms with E-state index in [9.17, 15) is 0 Å². The number of hydrogen-bond acceptors (Lipinski definition) is 1. The molecule has 0 N–H and O–H groups in total. The van der Waals surface area contributed by atoms with Crippen LogP contribution >= 0.6 is 0 Å². The van der Waals surface area contributed by atoms with Gasteiger partial charge in [-0.15, -0.1) is 0 Å². The molecule has 0 amide bonds. The molecule has 0 radical (unpaired) electrons. The lowest BCUT2D eigenvalue weighted by molar-refractivity contribution is 0.670. The van der Waals surface area contributed by atoms with E-state index in [1.165, 1.54) is 116 Å². The number of fused-ring (bicyclic) bond motifs is 11. The topological polar surface area (TPSA) is 18.1 Å². The first kappa shape index (κ1) is 33.5. The van der Waals surface area contributed by atoms with Crippen LogP contribution in [-0.2, 0) is 12.8 Å². The molecule has 10 aromatic rings. The minimum atomic E-state index is 0.852. The molecule has 3 heterocycles. The standard InChI is InChI=1S/C56H43NO/c1-31-24-33(3)51(34(4)25-31)53-42-14-6-7-15-43(42)54-48-30-39(21-22-44(48)53)57-49-23-20-36(40-16-11-18-46-41-13-8-9-19-50(41)58-56(40)46)29-47(49)45-17-10-12-37(55(45)57)28-38-27-32(2)26-35(5)52(38)54/h6-20,23-27,29-30H,21-22,28H2,1-5H3. The van der Waals surface area contributed by atoms with Crippen molar-refractivity contribution in [3.63, 3.8) is 0 Å². The number of nitrogens with zero attached hydrogens (tertiary/aromatic N) is 1. The number of benzene rings is 8. The van der Waals surface area contributed by atoms with Gasteiger partial charge in [-0.25, -0.2) is 0 Å². The van der Waals surface area contributed by atoms with E-state index >= 15 is 0 Å². The smallest absolute Gasteiger partial charge is 0.143 e. The summed E-state index contributed by atoms with van der Waals surface area (Å²) in [6, 6.07) is 47.8. The lowest BCUT2D eigenvalue weighted by Crippen LogP contribution is -2.12. The fraction of sp³-hybridized carbons (Fsp3) is 0.143. The van der Waals surface area contributed by atoms with Crippen LogP contribution in [0.15, 0.2) is 132 Å². The molecule has 58 heavy (non-hydrogen) atoms. The maximum Gasteiger partial charge on any atom is 0.143 e. The lowest BCUT2D eigenvalue weighted by Gasteiger charge is -2.30. The molecule has 2 bridgehead atoms. The summed E-state index contributed by atoms with van der Waals surface area (Å²) >= 11 is 0. The lowest BCUT2D eigenvalue weighted by atomic mass is 9.76. The van der Waals surface area contributed by atoms with Crippen LogP contribution in [0, 0.1) is 34.6 Å². The fourth-order valence-electron chi connectivity index (χ4n) is 11.2. The van der Waals surface area contributed by atoms with Gasteiger partial charge < -0.3 is 8.98 Å². The van der Waals surface area contributed by atoms with Crippen molar-refractivity contribution in [2.24, 2.45) is 0 Å². The van der Waals surface area contributed by atoms with Crippen LogP contribution in [0.1, 0.15) is 56.5 Å². The molecular weight excluding hydrogens is 703 g/mol. The highest BCUT2D eigenvalue weighted by molar-refractivity contribution is 6.17. The van der Waals surface area contributed by atoms with Crippen LogP contribution in [0.5, 0.6) is 0 Å². The van der Waals surface area contributed by atoms with Crippen molar-refractivity contribution in [2.75, 3.05) is 0 Å². The maximum absolute atomic E-state index is 6.56. The third-order valence-electron chi connectivity index (χ3n) is 13.3. The fourth-order valence-corrected chi connectivity index (χ4v) is 11.2. The quantitative estimate of drug-likeness (QED) is 0.172. The second kappa shape index (κ2) is 12.2. The van der Waals surface area contributed by atoms with Gasteiger partial charge in [0.2, 0.25) is 0 Å². The van der Waals surface area contributed by atoms with Gasteiger partial charge in [-0.05, 0) is 149 Å². The van der Waals surface area contributed by atoms with Crippen LogP contribution in [0.3, 0.4) is 0 Å². The van der Waals surface area contributed by atoms with Gasteiger partial charge in [0, 0.05) is 39.2 Å². The molecular formula is C56H43NO. The Hall–Kier alpha value is -6.64. The van der Waals surface area contributed by atoms with Gasteiger partial charge in [-0.2, -0.15) is 0 Å². The van der Waals surface area contributed by atoms with Gasteiger partial charge in [0.1, 0.15) is 11.2 Å². The highest BCUT2D eigenvalue weighted by atomic mass is 16.3. The molecule has 12 rings (SSSR count). The van der Waals surface area contributed by atoms with Crippen LogP contribution in [0.25, 0.3) is 99.7 Å². The molecule has 2 nitrogen and oxygen atoms in total. The first-order valence-electron chi connectivity index (χ1n) is 20.8. The Morgan fingerprint density at radius 1 is 0.500 bits per heavy atom. The summed E-state index contributed by atoms with van der Waals surface area (Å²) in [6.07, 6.45) is 5.35. The van der Waals surface area contributed by atoms with Crippen LogP contribution in [-0.4, -0.2) is 4.57 Å². The summed E-state index contributed by atoms with van der Waals surface area (Å²) in [6.45, 7) is 11.4. The zero-order valence-corrected chi connectivity index (χ0v) is 33.7. The number of aromatic nitrogens is 1. The van der Waals surface area contributed by atoms with Crippen molar-refractivity contribution in [1.29, 1.82) is 0 Å². The van der Waals surface area contributed by atoms with Crippen molar-refractivity contribution in [3.05, 3.63) is 177 Å². The number of hydrogen-bond donors (Lipinski definition) is 0. The molecule has 8 aromatic carbocycles. The molecule has 1 aliphatic carbocycles. The van der Waals surface area contributed by atoms with E-state index in [0.717, 1.165) is 46.8 Å². The average molecular weight is 746 g/mol. The highest BCUT2D eigenvalue weighted by Gasteiger charge is 2.30. The Kier molecular flexibility index (Phi) is 7.04. The van der Waals surface area contributed by atoms with Crippen LogP contribution in [0.4, 0.5) is 0 Å². The molecule has 0 saturated heterocycles. The minimum Gasteiger partial charge on any atom is -0.455 e. The summed E-state index contributed by atoms with van der Waals surface area (Å²) < 4.78 is 9.19. The average Bonchev–Trinajstić information content (AvgIpc) is 3.77.